The van der Waals surface area contributed by atoms with Crippen LogP contribution in [0.2, 0.25) is 0 Å². The molecule has 1 saturated heterocycles. The van der Waals surface area contributed by atoms with E-state index in [0.717, 1.165) is 42.3 Å². The van der Waals surface area contributed by atoms with Crippen molar-refractivity contribution in [2.45, 2.75) is 44.9 Å². The number of hydrogen-bond acceptors (Lipinski definition) is 5. The maximum absolute atomic E-state index is 11.0. The first-order valence-electron chi connectivity index (χ1n) is 11.2. The maximum Gasteiger partial charge on any atom is 0.213 e. The number of aliphatic hydroxyl groups is 1. The number of rotatable bonds is 6. The van der Waals surface area contributed by atoms with Crippen LogP contribution in [0.15, 0.2) is 42.5 Å². The maximum atomic E-state index is 11.0. The van der Waals surface area contributed by atoms with E-state index in [2.05, 4.69) is 11.4 Å². The number of benzene rings is 2. The van der Waals surface area contributed by atoms with E-state index in [4.69, 9.17) is 15.1 Å². The molecule has 2 N–H and O–H groups in total. The van der Waals surface area contributed by atoms with E-state index in [1.807, 2.05) is 42.5 Å². The minimum atomic E-state index is 0.524. The topological polar surface area (TPSA) is 85.6 Å². The fourth-order valence-corrected chi connectivity index (χ4v) is 3.42. The predicted molar refractivity (Wildman–Crippen MR) is 131 cm³/mol. The molecule has 0 unspecified atom stereocenters. The van der Waals surface area contributed by atoms with Crippen molar-refractivity contribution in [2.24, 2.45) is 0 Å². The summed E-state index contributed by atoms with van der Waals surface area (Å²) in [6.07, 6.45) is 9.16. The fourth-order valence-electron chi connectivity index (χ4n) is 3.42. The van der Waals surface area contributed by atoms with Crippen molar-refractivity contribution in [1.29, 1.82) is 5.26 Å². The molecule has 0 spiro atoms. The van der Waals surface area contributed by atoms with E-state index in [-0.39, 0.29) is 0 Å². The molecule has 1 amide bonds. The number of ether oxygens (including phenoxy) is 1. The predicted octanol–water partition coefficient (Wildman–Crippen LogP) is 4.56. The molecule has 0 atom stereocenters. The Kier molecular flexibility index (Phi) is 14.2. The van der Waals surface area contributed by atoms with Gasteiger partial charge in [-0.15, -0.1) is 0 Å². The highest BCUT2D eigenvalue weighted by molar-refractivity contribution is 5.82. The summed E-state index contributed by atoms with van der Waals surface area (Å²) in [7, 11) is 4.28. The largest absolute Gasteiger partial charge is 0.495 e. The van der Waals surface area contributed by atoms with E-state index in [1.54, 1.807) is 14.2 Å². The standard InChI is InChI=1S/C18H18N2O2.C7H15N.CH4O/c1-20(13-21)17-12-16(9-10-18(17)22-2)15-7-5-14(6-8-15)4-3-11-19;1-2-4-6-8-7-5-3-1;1-2/h5-10,12-13H,3-4H2,1-2H3;8H,1-7H2;2H,1H3. The highest BCUT2D eigenvalue weighted by atomic mass is 16.5. The Hall–Kier alpha value is -2.88. The van der Waals surface area contributed by atoms with Crippen molar-refractivity contribution in [3.63, 3.8) is 0 Å². The number of aryl methyl sites for hydroxylation is 1. The lowest BCUT2D eigenvalue weighted by atomic mass is 10.0. The van der Waals surface area contributed by atoms with Gasteiger partial charge in [-0.1, -0.05) is 49.6 Å². The monoisotopic (exact) mass is 439 g/mol. The Bertz CT molecular complexity index is 792. The molecule has 174 valence electrons. The molecule has 6 nitrogen and oxygen atoms in total. The van der Waals surface area contributed by atoms with Crippen LogP contribution in [-0.4, -0.2) is 45.9 Å². The molecule has 32 heavy (non-hydrogen) atoms. The molecule has 1 aliphatic heterocycles. The summed E-state index contributed by atoms with van der Waals surface area (Å²) >= 11 is 0. The smallest absolute Gasteiger partial charge is 0.213 e. The lowest BCUT2D eigenvalue weighted by Crippen LogP contribution is -2.18. The zero-order valence-corrected chi connectivity index (χ0v) is 19.6. The van der Waals surface area contributed by atoms with Crippen LogP contribution < -0.4 is 15.0 Å². The van der Waals surface area contributed by atoms with Crippen molar-refractivity contribution in [2.75, 3.05) is 39.3 Å². The zero-order chi connectivity index (χ0) is 23.6. The molecular formula is C26H37N3O3. The number of anilines is 1. The summed E-state index contributed by atoms with van der Waals surface area (Å²) in [5.41, 5.74) is 3.94. The number of carbonyl (C=O) groups excluding carboxylic acids is 1. The van der Waals surface area contributed by atoms with Gasteiger partial charge in [-0.25, -0.2) is 0 Å². The summed E-state index contributed by atoms with van der Waals surface area (Å²) in [6.45, 7) is 2.50. The van der Waals surface area contributed by atoms with Gasteiger partial charge in [0.05, 0.1) is 18.9 Å². The van der Waals surface area contributed by atoms with Crippen LogP contribution in [0.4, 0.5) is 5.69 Å². The Morgan fingerprint density at radius 1 is 1.03 bits per heavy atom. The number of nitrogens with one attached hydrogen (secondary N) is 1. The second-order valence-electron chi connectivity index (χ2n) is 7.48. The average molecular weight is 440 g/mol. The molecule has 1 fully saturated rings. The van der Waals surface area contributed by atoms with Gasteiger partial charge in [0.1, 0.15) is 5.75 Å². The van der Waals surface area contributed by atoms with E-state index in [0.29, 0.717) is 12.2 Å². The van der Waals surface area contributed by atoms with Gasteiger partial charge in [-0.05, 0) is 61.2 Å². The fraction of sp³-hybridized carbons (Fsp3) is 0.462. The third kappa shape index (κ3) is 9.51. The first-order valence-corrected chi connectivity index (χ1v) is 11.2. The Morgan fingerprint density at radius 3 is 2.19 bits per heavy atom. The average Bonchev–Trinajstić information content (AvgIpc) is 2.83. The first-order chi connectivity index (χ1) is 15.7. The zero-order valence-electron chi connectivity index (χ0n) is 19.6. The van der Waals surface area contributed by atoms with Crippen LogP contribution in [-0.2, 0) is 11.2 Å². The summed E-state index contributed by atoms with van der Waals surface area (Å²) in [6, 6.07) is 16.0. The third-order valence-electron chi connectivity index (χ3n) is 5.24. The van der Waals surface area contributed by atoms with Gasteiger partial charge in [-0.2, -0.15) is 5.26 Å². The minimum absolute atomic E-state index is 0.524. The Balaban J connectivity index is 0.000000427. The van der Waals surface area contributed by atoms with Crippen molar-refractivity contribution in [3.8, 4) is 22.9 Å². The summed E-state index contributed by atoms with van der Waals surface area (Å²) in [5, 5.41) is 19.0. The number of nitriles is 1. The number of aliphatic hydroxyl groups excluding tert-OH is 1. The molecule has 2 aromatic rings. The molecule has 0 radical (unpaired) electrons. The Morgan fingerprint density at radius 2 is 1.62 bits per heavy atom. The number of nitrogens with zero attached hydrogens (tertiary/aromatic N) is 2. The van der Waals surface area contributed by atoms with Crippen molar-refractivity contribution in [3.05, 3.63) is 48.0 Å². The van der Waals surface area contributed by atoms with Crippen molar-refractivity contribution in [1.82, 2.24) is 5.32 Å². The van der Waals surface area contributed by atoms with Crippen LogP contribution >= 0.6 is 0 Å². The van der Waals surface area contributed by atoms with E-state index < -0.39 is 0 Å². The lowest BCUT2D eigenvalue weighted by molar-refractivity contribution is -0.107. The van der Waals surface area contributed by atoms with Gasteiger partial charge in [0.25, 0.3) is 0 Å². The quantitative estimate of drug-likeness (QED) is 0.645. The normalized spacial score (nSPS) is 13.0. The van der Waals surface area contributed by atoms with Gasteiger partial charge in [0.2, 0.25) is 6.41 Å². The Labute approximate surface area is 192 Å². The number of amides is 1. The molecule has 6 heteroatoms. The third-order valence-corrected chi connectivity index (χ3v) is 5.24. The molecule has 2 aromatic carbocycles. The van der Waals surface area contributed by atoms with Crippen LogP contribution in [0.1, 0.15) is 44.1 Å². The molecule has 3 rings (SSSR count). The highest BCUT2D eigenvalue weighted by Crippen LogP contribution is 2.32. The molecule has 1 heterocycles. The summed E-state index contributed by atoms with van der Waals surface area (Å²) in [4.78, 5) is 12.5. The molecular weight excluding hydrogens is 402 g/mol. The molecule has 0 saturated carbocycles. The van der Waals surface area contributed by atoms with Gasteiger partial charge < -0.3 is 20.1 Å². The van der Waals surface area contributed by atoms with Gasteiger partial charge in [-0.3, -0.25) is 4.79 Å². The van der Waals surface area contributed by atoms with Crippen molar-refractivity contribution >= 4 is 12.1 Å². The van der Waals surface area contributed by atoms with Gasteiger partial charge in [0.15, 0.2) is 0 Å². The summed E-state index contributed by atoms with van der Waals surface area (Å²) in [5.74, 6) is 0.656. The highest BCUT2D eigenvalue weighted by Gasteiger charge is 2.09. The van der Waals surface area contributed by atoms with Crippen LogP contribution in [0, 0.1) is 11.3 Å². The first kappa shape index (κ1) is 27.2. The second kappa shape index (κ2) is 16.8. The second-order valence-corrected chi connectivity index (χ2v) is 7.48. The lowest BCUT2D eigenvalue weighted by Gasteiger charge is -2.16. The van der Waals surface area contributed by atoms with E-state index in [9.17, 15) is 4.79 Å². The van der Waals surface area contributed by atoms with Crippen LogP contribution in [0.3, 0.4) is 0 Å². The molecule has 0 aromatic heterocycles. The molecule has 0 bridgehead atoms. The van der Waals surface area contributed by atoms with E-state index >= 15 is 0 Å². The van der Waals surface area contributed by atoms with Crippen LogP contribution in [0.25, 0.3) is 11.1 Å². The number of carbonyl (C=O) groups is 1. The van der Waals surface area contributed by atoms with E-state index in [1.165, 1.54) is 50.1 Å². The minimum Gasteiger partial charge on any atom is -0.495 e. The molecule has 0 aliphatic carbocycles. The van der Waals surface area contributed by atoms with Crippen LogP contribution in [0.5, 0.6) is 5.75 Å². The van der Waals surface area contributed by atoms with Gasteiger partial charge >= 0.3 is 0 Å². The number of methoxy groups -OCH3 is 1. The SMILES string of the molecule is C1CCCNCCC1.CO.COc1ccc(-c2ccc(CCC#N)cc2)cc1N(C)C=O. The summed E-state index contributed by atoms with van der Waals surface area (Å²) < 4.78 is 5.29. The number of hydrogen-bond donors (Lipinski definition) is 2. The van der Waals surface area contributed by atoms with Gasteiger partial charge in [0, 0.05) is 20.6 Å². The van der Waals surface area contributed by atoms with Crippen molar-refractivity contribution < 1.29 is 14.6 Å². The molecule has 1 aliphatic rings.